The third-order valence-electron chi connectivity index (χ3n) is 2.50. The number of ether oxygens (including phenoxy) is 1. The van der Waals surface area contributed by atoms with Gasteiger partial charge in [0.25, 0.3) is 0 Å². The molecule has 100 valence electrons. The summed E-state index contributed by atoms with van der Waals surface area (Å²) in [6.07, 6.45) is 4.81. The van der Waals surface area contributed by atoms with Crippen molar-refractivity contribution in [2.24, 2.45) is 0 Å². The molecule has 0 saturated heterocycles. The van der Waals surface area contributed by atoms with Crippen molar-refractivity contribution in [2.45, 2.75) is 13.5 Å². The van der Waals surface area contributed by atoms with Gasteiger partial charge < -0.3 is 4.74 Å². The van der Waals surface area contributed by atoms with E-state index in [-0.39, 0.29) is 11.6 Å². The summed E-state index contributed by atoms with van der Waals surface area (Å²) in [6, 6.07) is 0. The van der Waals surface area contributed by atoms with E-state index in [0.29, 0.717) is 23.3 Å². The summed E-state index contributed by atoms with van der Waals surface area (Å²) in [7, 11) is 1.60. The van der Waals surface area contributed by atoms with Crippen LogP contribution in [-0.4, -0.2) is 39.2 Å². The second-order valence-electron chi connectivity index (χ2n) is 3.97. The van der Waals surface area contributed by atoms with E-state index in [2.05, 4.69) is 31.0 Å². The fourth-order valence-electron chi connectivity index (χ4n) is 1.55. The zero-order valence-corrected chi connectivity index (χ0v) is 12.2. The summed E-state index contributed by atoms with van der Waals surface area (Å²) < 4.78 is 7.20. The molecular formula is C12H13BrN4O2. The average Bonchev–Trinajstić information content (AvgIpc) is 2.77. The highest BCUT2D eigenvalue weighted by Gasteiger charge is 2.20. The third-order valence-corrected chi connectivity index (χ3v) is 3.08. The van der Waals surface area contributed by atoms with Gasteiger partial charge in [-0.3, -0.25) is 9.48 Å². The van der Waals surface area contributed by atoms with Gasteiger partial charge in [-0.1, -0.05) is 0 Å². The Morgan fingerprint density at radius 1 is 1.37 bits per heavy atom. The summed E-state index contributed by atoms with van der Waals surface area (Å²) >= 11 is 3.32. The van der Waals surface area contributed by atoms with Gasteiger partial charge in [-0.05, 0) is 28.4 Å². The number of ketones is 1. The molecular weight excluding hydrogens is 312 g/mol. The Balaban J connectivity index is 2.32. The monoisotopic (exact) mass is 324 g/mol. The van der Waals surface area contributed by atoms with E-state index in [4.69, 9.17) is 4.74 Å². The maximum absolute atomic E-state index is 12.4. The minimum Gasteiger partial charge on any atom is -0.383 e. The highest BCUT2D eigenvalue weighted by atomic mass is 79.9. The van der Waals surface area contributed by atoms with Crippen LogP contribution in [0.1, 0.15) is 21.9 Å². The lowest BCUT2D eigenvalue weighted by molar-refractivity contribution is 0.101. The van der Waals surface area contributed by atoms with E-state index in [1.165, 1.54) is 0 Å². The molecule has 0 aliphatic rings. The predicted molar refractivity (Wildman–Crippen MR) is 72.0 cm³/mol. The Bertz CT molecular complexity index is 580. The molecule has 7 heteroatoms. The van der Waals surface area contributed by atoms with Crippen molar-refractivity contribution >= 4 is 21.7 Å². The SMILES string of the molecule is COCCn1ncc(Br)c1C(=O)c1ncc(C)cn1. The van der Waals surface area contributed by atoms with Crippen molar-refractivity contribution in [1.29, 1.82) is 0 Å². The Morgan fingerprint density at radius 3 is 2.68 bits per heavy atom. The van der Waals surface area contributed by atoms with Crippen molar-refractivity contribution < 1.29 is 9.53 Å². The van der Waals surface area contributed by atoms with Crippen LogP contribution in [0.5, 0.6) is 0 Å². The first-order valence-electron chi connectivity index (χ1n) is 5.67. The van der Waals surface area contributed by atoms with Crippen LogP contribution in [-0.2, 0) is 11.3 Å². The highest BCUT2D eigenvalue weighted by molar-refractivity contribution is 9.10. The number of aromatic nitrogens is 4. The molecule has 0 saturated carbocycles. The Labute approximate surface area is 119 Å². The van der Waals surface area contributed by atoms with Gasteiger partial charge in [-0.25, -0.2) is 9.97 Å². The highest BCUT2D eigenvalue weighted by Crippen LogP contribution is 2.18. The molecule has 2 aromatic heterocycles. The average molecular weight is 325 g/mol. The molecule has 0 aliphatic carbocycles. The topological polar surface area (TPSA) is 69.9 Å². The molecule has 0 spiro atoms. The van der Waals surface area contributed by atoms with Gasteiger partial charge in [-0.2, -0.15) is 5.10 Å². The number of hydrogen-bond acceptors (Lipinski definition) is 5. The van der Waals surface area contributed by atoms with Crippen molar-refractivity contribution in [1.82, 2.24) is 19.7 Å². The number of halogens is 1. The van der Waals surface area contributed by atoms with E-state index in [1.807, 2.05) is 6.92 Å². The molecule has 2 rings (SSSR count). The van der Waals surface area contributed by atoms with Crippen LogP contribution in [0.15, 0.2) is 23.1 Å². The number of aryl methyl sites for hydroxylation is 1. The molecule has 0 unspecified atom stereocenters. The molecule has 2 aromatic rings. The minimum atomic E-state index is -0.263. The maximum atomic E-state index is 12.4. The molecule has 0 atom stereocenters. The van der Waals surface area contributed by atoms with Crippen LogP contribution < -0.4 is 0 Å². The number of rotatable bonds is 5. The standard InChI is InChI=1S/C12H13BrN4O2/c1-8-5-14-12(15-6-8)11(18)10-9(13)7-16-17(10)3-4-19-2/h5-7H,3-4H2,1-2H3. The predicted octanol–water partition coefficient (Wildman–Crippen LogP) is 1.62. The molecule has 0 aromatic carbocycles. The second kappa shape index (κ2) is 6.03. The van der Waals surface area contributed by atoms with Crippen LogP contribution >= 0.6 is 15.9 Å². The van der Waals surface area contributed by atoms with E-state index in [1.54, 1.807) is 30.4 Å². The first-order chi connectivity index (χ1) is 9.13. The lowest BCUT2D eigenvalue weighted by Crippen LogP contribution is -2.16. The summed E-state index contributed by atoms with van der Waals surface area (Å²) in [6.45, 7) is 2.84. The van der Waals surface area contributed by atoms with Crippen LogP contribution in [0.2, 0.25) is 0 Å². The summed E-state index contributed by atoms with van der Waals surface area (Å²) in [5.41, 5.74) is 1.34. The molecule has 19 heavy (non-hydrogen) atoms. The van der Waals surface area contributed by atoms with Crippen LogP contribution in [0.3, 0.4) is 0 Å². The molecule has 6 nitrogen and oxygen atoms in total. The zero-order valence-electron chi connectivity index (χ0n) is 10.6. The Kier molecular flexibility index (Phi) is 4.39. The molecule has 2 heterocycles. The van der Waals surface area contributed by atoms with Gasteiger partial charge in [0.2, 0.25) is 11.6 Å². The van der Waals surface area contributed by atoms with Crippen LogP contribution in [0, 0.1) is 6.92 Å². The normalized spacial score (nSPS) is 10.7. The van der Waals surface area contributed by atoms with E-state index in [9.17, 15) is 4.79 Å². The van der Waals surface area contributed by atoms with Gasteiger partial charge in [0.1, 0.15) is 5.69 Å². The first kappa shape index (κ1) is 13.8. The maximum Gasteiger partial charge on any atom is 0.249 e. The molecule has 0 aliphatic heterocycles. The fraction of sp³-hybridized carbons (Fsp3) is 0.333. The first-order valence-corrected chi connectivity index (χ1v) is 6.46. The summed E-state index contributed by atoms with van der Waals surface area (Å²) in [5, 5.41) is 4.13. The molecule has 0 radical (unpaired) electrons. The minimum absolute atomic E-state index is 0.158. The number of carbonyl (C=O) groups excluding carboxylic acids is 1. The fourth-order valence-corrected chi connectivity index (χ4v) is 2.03. The lowest BCUT2D eigenvalue weighted by Gasteiger charge is -2.06. The molecule has 0 fully saturated rings. The Morgan fingerprint density at radius 2 is 2.05 bits per heavy atom. The van der Waals surface area contributed by atoms with E-state index < -0.39 is 0 Å². The number of methoxy groups -OCH3 is 1. The van der Waals surface area contributed by atoms with Crippen LogP contribution in [0.25, 0.3) is 0 Å². The van der Waals surface area contributed by atoms with Crippen molar-refractivity contribution in [3.05, 3.63) is 40.1 Å². The van der Waals surface area contributed by atoms with Crippen molar-refractivity contribution in [3.63, 3.8) is 0 Å². The molecule has 0 bridgehead atoms. The quantitative estimate of drug-likeness (QED) is 0.782. The van der Waals surface area contributed by atoms with E-state index in [0.717, 1.165) is 5.56 Å². The number of nitrogens with zero attached hydrogens (tertiary/aromatic N) is 4. The van der Waals surface area contributed by atoms with Gasteiger partial charge in [0.05, 0.1) is 23.8 Å². The van der Waals surface area contributed by atoms with Gasteiger partial charge in [-0.15, -0.1) is 0 Å². The molecule has 0 N–H and O–H groups in total. The smallest absolute Gasteiger partial charge is 0.249 e. The zero-order chi connectivity index (χ0) is 13.8. The van der Waals surface area contributed by atoms with Crippen molar-refractivity contribution in [3.8, 4) is 0 Å². The Hall–Kier alpha value is -1.60. The summed E-state index contributed by atoms with van der Waals surface area (Å²) in [5.74, 6) is -0.106. The lowest BCUT2D eigenvalue weighted by atomic mass is 10.2. The number of hydrogen-bond donors (Lipinski definition) is 0. The van der Waals surface area contributed by atoms with Gasteiger partial charge in [0.15, 0.2) is 0 Å². The third kappa shape index (κ3) is 3.05. The van der Waals surface area contributed by atoms with Gasteiger partial charge >= 0.3 is 0 Å². The van der Waals surface area contributed by atoms with Gasteiger partial charge in [0, 0.05) is 19.5 Å². The van der Waals surface area contributed by atoms with Crippen LogP contribution in [0.4, 0.5) is 0 Å². The molecule has 0 amide bonds. The number of carbonyl (C=O) groups is 1. The summed E-state index contributed by atoms with van der Waals surface area (Å²) in [4.78, 5) is 20.5. The second-order valence-corrected chi connectivity index (χ2v) is 4.82. The van der Waals surface area contributed by atoms with E-state index >= 15 is 0 Å². The van der Waals surface area contributed by atoms with Crippen molar-refractivity contribution in [2.75, 3.05) is 13.7 Å². The largest absolute Gasteiger partial charge is 0.383 e.